The maximum atomic E-state index is 14.2. The summed E-state index contributed by atoms with van der Waals surface area (Å²) in [6.07, 6.45) is 5.66. The van der Waals surface area contributed by atoms with Gasteiger partial charge in [-0.2, -0.15) is 0 Å². The Kier molecular flexibility index (Phi) is 5.19. The highest BCUT2D eigenvalue weighted by Crippen LogP contribution is 2.30. The quantitative estimate of drug-likeness (QED) is 0.743. The van der Waals surface area contributed by atoms with Gasteiger partial charge in [0.05, 0.1) is 0 Å². The van der Waals surface area contributed by atoms with E-state index in [1.54, 1.807) is 18.3 Å². The maximum absolute atomic E-state index is 14.2. The lowest BCUT2D eigenvalue weighted by Gasteiger charge is -2.22. The van der Waals surface area contributed by atoms with E-state index >= 15 is 0 Å². The Morgan fingerprint density at radius 3 is 2.72 bits per heavy atom. The summed E-state index contributed by atoms with van der Waals surface area (Å²) in [5.74, 6) is -0.120. The zero-order valence-corrected chi connectivity index (χ0v) is 14.3. The molecule has 0 aliphatic carbocycles. The number of ether oxygens (including phenoxy) is 1. The normalized spacial score (nSPS) is 16.0. The predicted octanol–water partition coefficient (Wildman–Crippen LogP) is 3.18. The molecule has 0 amide bonds. The number of allylic oxidation sites excluding steroid dienone is 1. The van der Waals surface area contributed by atoms with Crippen LogP contribution in [0.25, 0.3) is 16.7 Å². The van der Waals surface area contributed by atoms with Crippen LogP contribution < -0.4 is 16.8 Å². The highest BCUT2D eigenvalue weighted by Gasteiger charge is 2.13. The lowest BCUT2D eigenvalue weighted by molar-refractivity contribution is 0.0812. The molecular formula is C19H23FN4O. The number of hydrogen-bond acceptors (Lipinski definition) is 5. The molecule has 5 N–H and O–H groups in total. The number of halogens is 1. The van der Waals surface area contributed by atoms with Gasteiger partial charge in [-0.3, -0.25) is 0 Å². The lowest BCUT2D eigenvalue weighted by atomic mass is 10.0. The fourth-order valence-electron chi connectivity index (χ4n) is 2.85. The van der Waals surface area contributed by atoms with Gasteiger partial charge in [-0.1, -0.05) is 0 Å². The monoisotopic (exact) mass is 342 g/mol. The van der Waals surface area contributed by atoms with Crippen LogP contribution in [0, 0.1) is 5.82 Å². The number of nitrogens with zero attached hydrogens (tertiary/aromatic N) is 1. The Morgan fingerprint density at radius 2 is 2.00 bits per heavy atom. The first-order valence-electron chi connectivity index (χ1n) is 8.36. The van der Waals surface area contributed by atoms with Crippen molar-refractivity contribution in [3.63, 3.8) is 0 Å². The van der Waals surface area contributed by atoms with Gasteiger partial charge in [-0.05, 0) is 55.2 Å². The number of rotatable bonds is 4. The van der Waals surface area contributed by atoms with Crippen molar-refractivity contribution >= 4 is 17.1 Å². The predicted molar refractivity (Wildman–Crippen MR) is 99.1 cm³/mol. The van der Waals surface area contributed by atoms with Gasteiger partial charge in [0.25, 0.3) is 0 Å². The first-order valence-corrected chi connectivity index (χ1v) is 8.36. The third kappa shape index (κ3) is 4.09. The van der Waals surface area contributed by atoms with Crippen molar-refractivity contribution in [2.45, 2.75) is 25.8 Å². The summed E-state index contributed by atoms with van der Waals surface area (Å²) in [7, 11) is 0. The third-order valence-electron chi connectivity index (χ3n) is 4.41. The van der Waals surface area contributed by atoms with Crippen molar-refractivity contribution in [3.05, 3.63) is 48.0 Å². The average molecular weight is 342 g/mol. The molecule has 0 unspecified atom stereocenters. The molecule has 1 aliphatic heterocycles. The Labute approximate surface area is 146 Å². The van der Waals surface area contributed by atoms with E-state index in [2.05, 4.69) is 10.3 Å². The van der Waals surface area contributed by atoms with Crippen molar-refractivity contribution in [3.8, 4) is 11.1 Å². The minimum Gasteiger partial charge on any atom is -0.399 e. The zero-order chi connectivity index (χ0) is 17.8. The fourth-order valence-corrected chi connectivity index (χ4v) is 2.85. The molecule has 0 saturated carbocycles. The lowest BCUT2D eigenvalue weighted by Crippen LogP contribution is -2.31. The van der Waals surface area contributed by atoms with Crippen molar-refractivity contribution in [2.75, 3.05) is 24.7 Å². The Morgan fingerprint density at radius 1 is 1.24 bits per heavy atom. The van der Waals surface area contributed by atoms with Gasteiger partial charge < -0.3 is 21.5 Å². The highest BCUT2D eigenvalue weighted by molar-refractivity contribution is 5.79. The second-order valence-electron chi connectivity index (χ2n) is 6.28. The van der Waals surface area contributed by atoms with Crippen LogP contribution in [-0.2, 0) is 4.74 Å². The van der Waals surface area contributed by atoms with Crippen molar-refractivity contribution in [1.29, 1.82) is 0 Å². The van der Waals surface area contributed by atoms with E-state index in [9.17, 15) is 4.39 Å². The standard InChI is InChI=1S/C19H23FN4O/c1-12(10-23-15-4-6-25-7-5-15)13-8-17(19(22)24-11-13)16-3-2-14(21)9-18(16)20/h2-3,8-11,15,23H,4-7,21H2,1H3,(H2,22,24)/b12-10+. The summed E-state index contributed by atoms with van der Waals surface area (Å²) < 4.78 is 19.6. The van der Waals surface area contributed by atoms with Gasteiger partial charge in [0.1, 0.15) is 11.6 Å². The summed E-state index contributed by atoms with van der Waals surface area (Å²) >= 11 is 0. The summed E-state index contributed by atoms with van der Waals surface area (Å²) in [4.78, 5) is 4.23. The number of nitrogen functional groups attached to an aromatic ring is 2. The number of nitrogens with two attached hydrogens (primary N) is 2. The Hall–Kier alpha value is -2.60. The second kappa shape index (κ2) is 7.53. The molecule has 1 aliphatic rings. The summed E-state index contributed by atoms with van der Waals surface area (Å²) in [5.41, 5.74) is 14.8. The molecule has 2 aromatic rings. The molecule has 6 heteroatoms. The number of anilines is 2. The Balaban J connectivity index is 1.85. The van der Waals surface area contributed by atoms with Gasteiger partial charge in [0.15, 0.2) is 0 Å². The molecule has 25 heavy (non-hydrogen) atoms. The van der Waals surface area contributed by atoms with Gasteiger partial charge in [-0.15, -0.1) is 0 Å². The van der Waals surface area contributed by atoms with Crippen LogP contribution in [0.3, 0.4) is 0 Å². The van der Waals surface area contributed by atoms with E-state index in [1.807, 2.05) is 19.2 Å². The molecule has 1 saturated heterocycles. The number of hydrogen-bond donors (Lipinski definition) is 3. The molecule has 1 aromatic carbocycles. The van der Waals surface area contributed by atoms with Crippen LogP contribution in [0.5, 0.6) is 0 Å². The van der Waals surface area contributed by atoms with Gasteiger partial charge >= 0.3 is 0 Å². The van der Waals surface area contributed by atoms with Crippen LogP contribution >= 0.6 is 0 Å². The average Bonchev–Trinajstić information content (AvgIpc) is 2.61. The number of benzene rings is 1. The molecule has 1 aromatic heterocycles. The minimum atomic E-state index is -0.410. The smallest absolute Gasteiger partial charge is 0.133 e. The van der Waals surface area contributed by atoms with Crippen molar-refractivity contribution < 1.29 is 9.13 Å². The van der Waals surface area contributed by atoms with E-state index in [0.29, 0.717) is 22.9 Å². The van der Waals surface area contributed by atoms with E-state index < -0.39 is 5.82 Å². The number of pyridine rings is 1. The third-order valence-corrected chi connectivity index (χ3v) is 4.41. The Bertz CT molecular complexity index is 785. The topological polar surface area (TPSA) is 86.2 Å². The molecule has 3 rings (SSSR count). The molecule has 2 heterocycles. The minimum absolute atomic E-state index is 0.289. The molecule has 0 atom stereocenters. The summed E-state index contributed by atoms with van der Waals surface area (Å²) in [6.45, 7) is 3.56. The van der Waals surface area contributed by atoms with E-state index in [1.165, 1.54) is 6.07 Å². The summed E-state index contributed by atoms with van der Waals surface area (Å²) in [5, 5.41) is 3.42. The number of aromatic nitrogens is 1. The van der Waals surface area contributed by atoms with Crippen LogP contribution in [0.4, 0.5) is 15.9 Å². The molecule has 1 fully saturated rings. The van der Waals surface area contributed by atoms with Gasteiger partial charge in [0.2, 0.25) is 0 Å². The molecule has 0 spiro atoms. The summed E-state index contributed by atoms with van der Waals surface area (Å²) in [6, 6.07) is 6.84. The first-order chi connectivity index (χ1) is 12.0. The second-order valence-corrected chi connectivity index (χ2v) is 6.28. The molecular weight excluding hydrogens is 319 g/mol. The van der Waals surface area contributed by atoms with E-state index in [-0.39, 0.29) is 5.82 Å². The van der Waals surface area contributed by atoms with E-state index in [4.69, 9.17) is 16.2 Å². The maximum Gasteiger partial charge on any atom is 0.133 e. The van der Waals surface area contributed by atoms with Gasteiger partial charge in [0, 0.05) is 48.5 Å². The molecule has 0 radical (unpaired) electrons. The molecule has 132 valence electrons. The van der Waals surface area contributed by atoms with Gasteiger partial charge in [-0.25, -0.2) is 9.37 Å². The molecule has 5 nitrogen and oxygen atoms in total. The van der Waals surface area contributed by atoms with Crippen LogP contribution in [-0.4, -0.2) is 24.2 Å². The number of nitrogens with one attached hydrogen (secondary N) is 1. The fraction of sp³-hybridized carbons (Fsp3) is 0.316. The zero-order valence-electron chi connectivity index (χ0n) is 14.3. The molecule has 0 bridgehead atoms. The highest BCUT2D eigenvalue weighted by atomic mass is 19.1. The van der Waals surface area contributed by atoms with Crippen molar-refractivity contribution in [1.82, 2.24) is 10.3 Å². The van der Waals surface area contributed by atoms with E-state index in [0.717, 1.165) is 37.2 Å². The van der Waals surface area contributed by atoms with Crippen LogP contribution in [0.2, 0.25) is 0 Å². The SMILES string of the molecule is C/C(=C\NC1CCOCC1)c1cnc(N)c(-c2ccc(N)cc2F)c1. The van der Waals surface area contributed by atoms with Crippen molar-refractivity contribution in [2.24, 2.45) is 0 Å². The first kappa shape index (κ1) is 17.2. The largest absolute Gasteiger partial charge is 0.399 e. The van der Waals surface area contributed by atoms with Crippen LogP contribution in [0.15, 0.2) is 36.7 Å². The van der Waals surface area contributed by atoms with Crippen LogP contribution in [0.1, 0.15) is 25.3 Å².